The molecule has 0 aliphatic carbocycles. The molecular weight excluding hydrogens is 344 g/mol. The molecule has 0 fully saturated rings. The summed E-state index contributed by atoms with van der Waals surface area (Å²) in [5.74, 6) is 0.560. The maximum atomic E-state index is 3.52. The SMILES string of the molecule is CNCC(C)c1ccc(CN(C)Cc2csc(Br)c2)cc1. The molecule has 0 saturated carbocycles. The Bertz CT molecular complexity index is 550. The number of hydrogen-bond acceptors (Lipinski definition) is 3. The van der Waals surface area contributed by atoms with Crippen molar-refractivity contribution in [1.82, 2.24) is 10.2 Å². The smallest absolute Gasteiger partial charge is 0.0701 e. The fraction of sp³-hybridized carbons (Fsp3) is 0.412. The van der Waals surface area contributed by atoms with Crippen molar-refractivity contribution in [2.24, 2.45) is 0 Å². The molecule has 2 aromatic rings. The first-order valence-corrected chi connectivity index (χ1v) is 8.90. The Morgan fingerprint density at radius 2 is 1.86 bits per heavy atom. The average molecular weight is 367 g/mol. The van der Waals surface area contributed by atoms with Gasteiger partial charge >= 0.3 is 0 Å². The molecule has 1 aromatic heterocycles. The first-order chi connectivity index (χ1) is 10.1. The topological polar surface area (TPSA) is 15.3 Å². The van der Waals surface area contributed by atoms with E-state index in [9.17, 15) is 0 Å². The Balaban J connectivity index is 1.90. The summed E-state index contributed by atoms with van der Waals surface area (Å²) in [5, 5.41) is 5.44. The molecule has 1 atom stereocenters. The Labute approximate surface area is 140 Å². The largest absolute Gasteiger partial charge is 0.319 e. The van der Waals surface area contributed by atoms with E-state index in [1.807, 2.05) is 7.05 Å². The van der Waals surface area contributed by atoms with Crippen LogP contribution < -0.4 is 5.32 Å². The summed E-state index contributed by atoms with van der Waals surface area (Å²) < 4.78 is 1.20. The molecule has 0 spiro atoms. The van der Waals surface area contributed by atoms with E-state index in [1.165, 1.54) is 20.5 Å². The molecule has 0 aliphatic rings. The van der Waals surface area contributed by atoms with E-state index in [-0.39, 0.29) is 0 Å². The fourth-order valence-electron chi connectivity index (χ4n) is 2.48. The second kappa shape index (κ2) is 8.08. The fourth-order valence-corrected chi connectivity index (χ4v) is 3.68. The van der Waals surface area contributed by atoms with Gasteiger partial charge < -0.3 is 5.32 Å². The predicted molar refractivity (Wildman–Crippen MR) is 96.0 cm³/mol. The quantitative estimate of drug-likeness (QED) is 0.777. The zero-order chi connectivity index (χ0) is 15.2. The third-order valence-corrected chi connectivity index (χ3v) is 5.14. The van der Waals surface area contributed by atoms with E-state index in [2.05, 4.69) is 75.8 Å². The molecule has 1 aromatic carbocycles. The van der Waals surface area contributed by atoms with Gasteiger partial charge in [-0.15, -0.1) is 11.3 Å². The van der Waals surface area contributed by atoms with Crippen molar-refractivity contribution in [2.45, 2.75) is 25.9 Å². The molecule has 0 bridgehead atoms. The number of halogens is 1. The lowest BCUT2D eigenvalue weighted by Gasteiger charge is -2.17. The molecule has 2 rings (SSSR count). The van der Waals surface area contributed by atoms with Crippen LogP contribution in [0.1, 0.15) is 29.5 Å². The number of hydrogen-bond donors (Lipinski definition) is 1. The van der Waals surface area contributed by atoms with Crippen LogP contribution in [-0.4, -0.2) is 25.5 Å². The van der Waals surface area contributed by atoms with Gasteiger partial charge in [0.15, 0.2) is 0 Å². The van der Waals surface area contributed by atoms with Crippen LogP contribution in [0.2, 0.25) is 0 Å². The minimum atomic E-state index is 0.560. The molecule has 0 radical (unpaired) electrons. The molecule has 0 saturated heterocycles. The lowest BCUT2D eigenvalue weighted by atomic mass is 10.00. The Morgan fingerprint density at radius 1 is 1.19 bits per heavy atom. The highest BCUT2D eigenvalue weighted by Crippen LogP contribution is 2.22. The van der Waals surface area contributed by atoms with Crippen LogP contribution in [0.4, 0.5) is 0 Å². The lowest BCUT2D eigenvalue weighted by Crippen LogP contribution is -2.17. The van der Waals surface area contributed by atoms with Crippen LogP contribution in [-0.2, 0) is 13.1 Å². The van der Waals surface area contributed by atoms with E-state index >= 15 is 0 Å². The van der Waals surface area contributed by atoms with E-state index in [1.54, 1.807) is 11.3 Å². The predicted octanol–water partition coefficient (Wildman–Crippen LogP) is 4.47. The Kier molecular flexibility index (Phi) is 6.42. The second-order valence-corrected chi connectivity index (χ2v) is 7.92. The van der Waals surface area contributed by atoms with Crippen molar-refractivity contribution in [3.8, 4) is 0 Å². The highest BCUT2D eigenvalue weighted by Gasteiger charge is 2.06. The van der Waals surface area contributed by atoms with Crippen LogP contribution in [0.25, 0.3) is 0 Å². The van der Waals surface area contributed by atoms with Crippen LogP contribution in [0, 0.1) is 0 Å². The first kappa shape index (κ1) is 16.7. The number of nitrogens with one attached hydrogen (secondary N) is 1. The molecule has 1 unspecified atom stereocenters. The molecular formula is C17H23BrN2S. The van der Waals surface area contributed by atoms with Gasteiger partial charge in [0, 0.05) is 19.6 Å². The summed E-state index contributed by atoms with van der Waals surface area (Å²) in [6.45, 7) is 5.24. The summed E-state index contributed by atoms with van der Waals surface area (Å²) in [5.41, 5.74) is 4.14. The van der Waals surface area contributed by atoms with Gasteiger partial charge in [-0.2, -0.15) is 0 Å². The highest BCUT2D eigenvalue weighted by atomic mass is 79.9. The van der Waals surface area contributed by atoms with Crippen LogP contribution >= 0.6 is 27.3 Å². The van der Waals surface area contributed by atoms with Gasteiger partial charge in [-0.1, -0.05) is 31.2 Å². The summed E-state index contributed by atoms with van der Waals surface area (Å²) in [6, 6.07) is 11.2. The number of likely N-dealkylation sites (N-methyl/N-ethyl adjacent to an activating group) is 1. The number of thiophene rings is 1. The van der Waals surface area contributed by atoms with Crippen molar-refractivity contribution in [1.29, 1.82) is 0 Å². The van der Waals surface area contributed by atoms with Gasteiger partial charge in [-0.25, -0.2) is 0 Å². The average Bonchev–Trinajstić information content (AvgIpc) is 2.85. The van der Waals surface area contributed by atoms with E-state index in [4.69, 9.17) is 0 Å². The monoisotopic (exact) mass is 366 g/mol. The first-order valence-electron chi connectivity index (χ1n) is 7.23. The molecule has 114 valence electrons. The maximum absolute atomic E-state index is 3.52. The van der Waals surface area contributed by atoms with Crippen LogP contribution in [0.3, 0.4) is 0 Å². The lowest BCUT2D eigenvalue weighted by molar-refractivity contribution is 0.319. The van der Waals surface area contributed by atoms with Gasteiger partial charge in [0.25, 0.3) is 0 Å². The number of nitrogens with zero attached hydrogens (tertiary/aromatic N) is 1. The Hall–Kier alpha value is -0.680. The molecule has 4 heteroatoms. The zero-order valence-electron chi connectivity index (χ0n) is 12.9. The Morgan fingerprint density at radius 3 is 2.43 bits per heavy atom. The summed E-state index contributed by atoms with van der Waals surface area (Å²) in [4.78, 5) is 2.35. The third kappa shape index (κ3) is 5.22. The van der Waals surface area contributed by atoms with Gasteiger partial charge in [0.1, 0.15) is 0 Å². The molecule has 1 heterocycles. The van der Waals surface area contributed by atoms with Gasteiger partial charge in [-0.05, 0) is 64.1 Å². The highest BCUT2D eigenvalue weighted by molar-refractivity contribution is 9.11. The molecule has 0 amide bonds. The third-order valence-electron chi connectivity index (χ3n) is 3.59. The van der Waals surface area contributed by atoms with Crippen molar-refractivity contribution in [3.05, 3.63) is 56.2 Å². The standard InChI is InChI=1S/C17H23BrN2S/c1-13(9-19-2)16-6-4-14(5-7-16)10-20(3)11-15-8-17(18)21-12-15/h4-8,12-13,19H,9-11H2,1-3H3. The summed E-state index contributed by atoms with van der Waals surface area (Å²) >= 11 is 5.26. The van der Waals surface area contributed by atoms with E-state index in [0.717, 1.165) is 19.6 Å². The minimum absolute atomic E-state index is 0.560. The van der Waals surface area contributed by atoms with Gasteiger partial charge in [0.05, 0.1) is 3.79 Å². The zero-order valence-corrected chi connectivity index (χ0v) is 15.3. The van der Waals surface area contributed by atoms with Gasteiger partial charge in [0.2, 0.25) is 0 Å². The minimum Gasteiger partial charge on any atom is -0.319 e. The van der Waals surface area contributed by atoms with Gasteiger partial charge in [-0.3, -0.25) is 4.90 Å². The van der Waals surface area contributed by atoms with E-state index < -0.39 is 0 Å². The number of rotatable bonds is 7. The second-order valence-electron chi connectivity index (χ2n) is 5.63. The normalized spacial score (nSPS) is 12.8. The van der Waals surface area contributed by atoms with Crippen LogP contribution in [0.5, 0.6) is 0 Å². The van der Waals surface area contributed by atoms with Crippen molar-refractivity contribution >= 4 is 27.3 Å². The number of benzene rings is 1. The van der Waals surface area contributed by atoms with E-state index in [0.29, 0.717) is 5.92 Å². The van der Waals surface area contributed by atoms with Crippen molar-refractivity contribution in [3.63, 3.8) is 0 Å². The van der Waals surface area contributed by atoms with Crippen LogP contribution in [0.15, 0.2) is 39.5 Å². The van der Waals surface area contributed by atoms with Crippen molar-refractivity contribution < 1.29 is 0 Å². The maximum Gasteiger partial charge on any atom is 0.0701 e. The summed E-state index contributed by atoms with van der Waals surface area (Å²) in [7, 11) is 4.17. The molecule has 21 heavy (non-hydrogen) atoms. The molecule has 0 aliphatic heterocycles. The molecule has 2 nitrogen and oxygen atoms in total. The summed E-state index contributed by atoms with van der Waals surface area (Å²) in [6.07, 6.45) is 0. The molecule has 1 N–H and O–H groups in total. The van der Waals surface area contributed by atoms with Crippen molar-refractivity contribution in [2.75, 3.05) is 20.6 Å².